The van der Waals surface area contributed by atoms with Crippen molar-refractivity contribution in [3.63, 3.8) is 0 Å². The fourth-order valence-electron chi connectivity index (χ4n) is 2.56. The SMILES string of the molecule is Cc1ccc(C(NN)c2ccc3cc(Br)ccc3c2)cc1. The molecule has 106 valence electrons. The van der Waals surface area contributed by atoms with Crippen molar-refractivity contribution in [1.82, 2.24) is 5.43 Å². The zero-order chi connectivity index (χ0) is 14.8. The summed E-state index contributed by atoms with van der Waals surface area (Å²) >= 11 is 3.50. The van der Waals surface area contributed by atoms with E-state index in [1.807, 2.05) is 0 Å². The van der Waals surface area contributed by atoms with Crippen molar-refractivity contribution in [3.05, 3.63) is 81.8 Å². The van der Waals surface area contributed by atoms with Gasteiger partial charge in [0.1, 0.15) is 0 Å². The zero-order valence-electron chi connectivity index (χ0n) is 11.8. The molecule has 0 bridgehead atoms. The molecule has 0 spiro atoms. The van der Waals surface area contributed by atoms with Crippen LogP contribution in [0.1, 0.15) is 22.7 Å². The van der Waals surface area contributed by atoms with E-state index in [0.29, 0.717) is 0 Å². The number of fused-ring (bicyclic) bond motifs is 1. The molecule has 0 aliphatic rings. The molecule has 0 aromatic heterocycles. The van der Waals surface area contributed by atoms with E-state index in [2.05, 4.69) is 88.9 Å². The minimum Gasteiger partial charge on any atom is -0.271 e. The lowest BCUT2D eigenvalue weighted by Crippen LogP contribution is -2.28. The molecule has 0 aliphatic carbocycles. The first-order valence-electron chi connectivity index (χ1n) is 6.89. The van der Waals surface area contributed by atoms with Crippen molar-refractivity contribution in [2.45, 2.75) is 13.0 Å². The molecule has 3 N–H and O–H groups in total. The lowest BCUT2D eigenvalue weighted by molar-refractivity contribution is 0.637. The minimum atomic E-state index is -0.00125. The summed E-state index contributed by atoms with van der Waals surface area (Å²) in [4.78, 5) is 0. The van der Waals surface area contributed by atoms with Crippen LogP contribution in [-0.2, 0) is 0 Å². The van der Waals surface area contributed by atoms with Gasteiger partial charge in [0, 0.05) is 4.47 Å². The van der Waals surface area contributed by atoms with Gasteiger partial charge in [0.05, 0.1) is 6.04 Å². The van der Waals surface area contributed by atoms with Crippen LogP contribution >= 0.6 is 15.9 Å². The maximum absolute atomic E-state index is 5.79. The predicted molar refractivity (Wildman–Crippen MR) is 92.0 cm³/mol. The Kier molecular flexibility index (Phi) is 4.06. The fourth-order valence-corrected chi connectivity index (χ4v) is 2.94. The molecule has 0 aliphatic heterocycles. The van der Waals surface area contributed by atoms with Crippen LogP contribution in [0.2, 0.25) is 0 Å². The highest BCUT2D eigenvalue weighted by molar-refractivity contribution is 9.10. The summed E-state index contributed by atoms with van der Waals surface area (Å²) in [5.74, 6) is 5.79. The quantitative estimate of drug-likeness (QED) is 0.545. The largest absolute Gasteiger partial charge is 0.271 e. The van der Waals surface area contributed by atoms with Crippen molar-refractivity contribution in [1.29, 1.82) is 0 Å². The van der Waals surface area contributed by atoms with Crippen molar-refractivity contribution in [2.24, 2.45) is 5.84 Å². The summed E-state index contributed by atoms with van der Waals surface area (Å²) in [7, 11) is 0. The highest BCUT2D eigenvalue weighted by Crippen LogP contribution is 2.27. The van der Waals surface area contributed by atoms with Crippen molar-refractivity contribution in [2.75, 3.05) is 0 Å². The Morgan fingerprint density at radius 1 is 0.857 bits per heavy atom. The first-order chi connectivity index (χ1) is 10.2. The van der Waals surface area contributed by atoms with Gasteiger partial charge in [-0.1, -0.05) is 64.0 Å². The zero-order valence-corrected chi connectivity index (χ0v) is 13.4. The summed E-state index contributed by atoms with van der Waals surface area (Å²) in [5, 5.41) is 2.43. The molecule has 0 saturated carbocycles. The Labute approximate surface area is 133 Å². The lowest BCUT2D eigenvalue weighted by Gasteiger charge is -2.18. The Balaban J connectivity index is 2.04. The average Bonchev–Trinajstić information content (AvgIpc) is 2.50. The number of nitrogens with one attached hydrogen (secondary N) is 1. The molecule has 21 heavy (non-hydrogen) atoms. The van der Waals surface area contributed by atoms with Gasteiger partial charge < -0.3 is 0 Å². The van der Waals surface area contributed by atoms with Gasteiger partial charge in [-0.05, 0) is 47.0 Å². The summed E-state index contributed by atoms with van der Waals surface area (Å²) in [5.41, 5.74) is 6.50. The standard InChI is InChI=1S/C18H17BrN2/c1-12-2-4-13(5-3-12)18(21-20)16-7-6-15-11-17(19)9-8-14(15)10-16/h2-11,18,21H,20H2,1H3. The Hall–Kier alpha value is -1.68. The molecule has 1 unspecified atom stereocenters. The van der Waals surface area contributed by atoms with Crippen LogP contribution in [0.5, 0.6) is 0 Å². The maximum Gasteiger partial charge on any atom is 0.0710 e. The van der Waals surface area contributed by atoms with Crippen LogP contribution in [0, 0.1) is 6.92 Å². The lowest BCUT2D eigenvalue weighted by atomic mass is 9.96. The Morgan fingerprint density at radius 2 is 1.48 bits per heavy atom. The molecule has 3 aromatic rings. The van der Waals surface area contributed by atoms with Crippen LogP contribution in [-0.4, -0.2) is 0 Å². The highest BCUT2D eigenvalue weighted by Gasteiger charge is 2.12. The van der Waals surface area contributed by atoms with Crippen LogP contribution in [0.15, 0.2) is 65.1 Å². The van der Waals surface area contributed by atoms with Crippen molar-refractivity contribution < 1.29 is 0 Å². The van der Waals surface area contributed by atoms with Crippen LogP contribution in [0.25, 0.3) is 10.8 Å². The number of hydrogen-bond donors (Lipinski definition) is 2. The van der Waals surface area contributed by atoms with Gasteiger partial charge in [0.25, 0.3) is 0 Å². The molecule has 2 nitrogen and oxygen atoms in total. The van der Waals surface area contributed by atoms with E-state index in [1.54, 1.807) is 0 Å². The Bertz CT molecular complexity index is 766. The Morgan fingerprint density at radius 3 is 2.19 bits per heavy atom. The fraction of sp³-hybridized carbons (Fsp3) is 0.111. The molecule has 0 heterocycles. The average molecular weight is 341 g/mol. The molecule has 3 heteroatoms. The summed E-state index contributed by atoms with van der Waals surface area (Å²) in [6.45, 7) is 2.09. The van der Waals surface area contributed by atoms with Crippen LogP contribution in [0.3, 0.4) is 0 Å². The maximum atomic E-state index is 5.79. The van der Waals surface area contributed by atoms with E-state index < -0.39 is 0 Å². The van der Waals surface area contributed by atoms with E-state index in [1.165, 1.54) is 21.9 Å². The molecule has 1 atom stereocenters. The van der Waals surface area contributed by atoms with Gasteiger partial charge in [-0.3, -0.25) is 5.84 Å². The summed E-state index contributed by atoms with van der Waals surface area (Å²) < 4.78 is 1.09. The van der Waals surface area contributed by atoms with Gasteiger partial charge in [0.2, 0.25) is 0 Å². The normalized spacial score (nSPS) is 12.5. The number of hydrazine groups is 1. The molecular weight excluding hydrogens is 324 g/mol. The van der Waals surface area contributed by atoms with E-state index in [-0.39, 0.29) is 6.04 Å². The number of halogens is 1. The number of benzene rings is 3. The third kappa shape index (κ3) is 3.00. The number of nitrogens with two attached hydrogens (primary N) is 1. The van der Waals surface area contributed by atoms with Crippen LogP contribution in [0.4, 0.5) is 0 Å². The molecule has 0 fully saturated rings. The van der Waals surface area contributed by atoms with E-state index in [4.69, 9.17) is 5.84 Å². The second kappa shape index (κ2) is 5.98. The van der Waals surface area contributed by atoms with E-state index in [9.17, 15) is 0 Å². The molecule has 0 amide bonds. The minimum absolute atomic E-state index is 0.00125. The van der Waals surface area contributed by atoms with Crippen molar-refractivity contribution in [3.8, 4) is 0 Å². The van der Waals surface area contributed by atoms with Gasteiger partial charge in [0.15, 0.2) is 0 Å². The molecule has 3 rings (SSSR count). The first-order valence-corrected chi connectivity index (χ1v) is 7.68. The summed E-state index contributed by atoms with van der Waals surface area (Å²) in [6, 6.07) is 21.2. The van der Waals surface area contributed by atoms with Crippen LogP contribution < -0.4 is 11.3 Å². The molecule has 0 saturated heterocycles. The predicted octanol–water partition coefficient (Wildman–Crippen LogP) is 4.46. The van der Waals surface area contributed by atoms with Gasteiger partial charge >= 0.3 is 0 Å². The van der Waals surface area contributed by atoms with E-state index in [0.717, 1.165) is 10.0 Å². The highest BCUT2D eigenvalue weighted by atomic mass is 79.9. The first kappa shape index (κ1) is 14.3. The number of aryl methyl sites for hydroxylation is 1. The second-order valence-electron chi connectivity index (χ2n) is 5.26. The number of hydrogen-bond acceptors (Lipinski definition) is 2. The van der Waals surface area contributed by atoms with E-state index >= 15 is 0 Å². The third-order valence-electron chi connectivity index (χ3n) is 3.74. The van der Waals surface area contributed by atoms with Gasteiger partial charge in [-0.15, -0.1) is 0 Å². The van der Waals surface area contributed by atoms with Gasteiger partial charge in [-0.2, -0.15) is 0 Å². The molecular formula is C18H17BrN2. The topological polar surface area (TPSA) is 38.0 Å². The molecule has 3 aromatic carbocycles. The third-order valence-corrected chi connectivity index (χ3v) is 4.23. The van der Waals surface area contributed by atoms with Crippen molar-refractivity contribution >= 4 is 26.7 Å². The smallest absolute Gasteiger partial charge is 0.0710 e. The summed E-state index contributed by atoms with van der Waals surface area (Å²) in [6.07, 6.45) is 0. The monoisotopic (exact) mass is 340 g/mol. The molecule has 0 radical (unpaired) electrons. The number of rotatable bonds is 3. The second-order valence-corrected chi connectivity index (χ2v) is 6.18. The van der Waals surface area contributed by atoms with Gasteiger partial charge in [-0.25, -0.2) is 5.43 Å².